The molecule has 0 spiro atoms. The average molecular weight is 681 g/mol. The lowest BCUT2D eigenvalue weighted by atomic mass is 9.47. The Morgan fingerprint density at radius 3 is 2.16 bits per heavy atom. The second kappa shape index (κ2) is 20.7. The van der Waals surface area contributed by atoms with Crippen molar-refractivity contribution in [3.05, 3.63) is 23.8 Å². The van der Waals surface area contributed by atoms with Crippen molar-refractivity contribution in [2.24, 2.45) is 46.3 Å². The van der Waals surface area contributed by atoms with Gasteiger partial charge in [0.2, 0.25) is 0 Å². The third-order valence-electron chi connectivity index (χ3n) is 14.4. The first-order chi connectivity index (χ1) is 23.7. The largest absolute Gasteiger partial charge is 0.508 e. The maximum Gasteiger partial charge on any atom is 0.508 e. The smallest absolute Gasteiger partial charge is 0.434 e. The van der Waals surface area contributed by atoms with Crippen LogP contribution in [-0.2, 0) is 9.47 Å². The highest BCUT2D eigenvalue weighted by atomic mass is 16.7. The monoisotopic (exact) mass is 681 g/mol. The number of allylic oxidation sites excluding steroid dienone is 3. The average Bonchev–Trinajstić information content (AvgIpc) is 3.43. The zero-order valence-corrected chi connectivity index (χ0v) is 33.4. The summed E-state index contributed by atoms with van der Waals surface area (Å²) in [6.45, 7) is 15.4. The van der Waals surface area contributed by atoms with E-state index in [0.29, 0.717) is 17.4 Å². The summed E-state index contributed by atoms with van der Waals surface area (Å²) < 4.78 is 11.5. The third kappa shape index (κ3) is 11.6. The van der Waals surface area contributed by atoms with Gasteiger partial charge in [-0.1, -0.05) is 142 Å². The molecule has 0 radical (unpaired) electrons. The molecule has 4 aliphatic rings. The molecule has 0 aromatic carbocycles. The van der Waals surface area contributed by atoms with E-state index >= 15 is 0 Å². The number of carbonyl (C=O) groups is 1. The Hall–Kier alpha value is -1.25. The van der Waals surface area contributed by atoms with Gasteiger partial charge in [0.15, 0.2) is 0 Å². The van der Waals surface area contributed by atoms with Crippen molar-refractivity contribution in [2.45, 2.75) is 208 Å². The topological polar surface area (TPSA) is 35.5 Å². The summed E-state index contributed by atoms with van der Waals surface area (Å²) in [5, 5.41) is 0. The number of ether oxygens (including phenoxy) is 2. The molecular formula is C46H80O3. The molecule has 3 saturated carbocycles. The van der Waals surface area contributed by atoms with Crippen LogP contribution in [0.4, 0.5) is 4.79 Å². The van der Waals surface area contributed by atoms with Crippen LogP contribution >= 0.6 is 0 Å². The molecule has 0 aromatic rings. The van der Waals surface area contributed by atoms with Crippen LogP contribution in [0.15, 0.2) is 23.8 Å². The molecule has 0 N–H and O–H groups in total. The van der Waals surface area contributed by atoms with E-state index in [1.54, 1.807) is 5.57 Å². The zero-order valence-electron chi connectivity index (χ0n) is 33.4. The van der Waals surface area contributed by atoms with Gasteiger partial charge in [-0.05, 0) is 123 Å². The van der Waals surface area contributed by atoms with Crippen LogP contribution in [0, 0.1) is 46.3 Å². The standard InChI is InChI=1S/C46H80O3/c1-7-8-9-10-11-12-13-14-15-16-17-18-19-20-21-22-34-48-44(47)49-39-30-32-45(5)38(35-39)26-27-40-42-29-28-41(37(4)25-23-24-36(2)3)46(42,6)33-31-43(40)45/h14-15,26,36-37,39-43H,7-13,16-25,27-35H2,1-6H3/b15-14+/t37-,39-,40+,41?,42+,43-,45-,46+/m1/s1. The van der Waals surface area contributed by atoms with E-state index in [-0.39, 0.29) is 6.10 Å². The van der Waals surface area contributed by atoms with E-state index in [2.05, 4.69) is 59.8 Å². The highest BCUT2D eigenvalue weighted by Gasteiger charge is 2.59. The molecule has 3 nitrogen and oxygen atoms in total. The van der Waals surface area contributed by atoms with Crippen LogP contribution in [0.25, 0.3) is 0 Å². The molecule has 282 valence electrons. The molecule has 3 fully saturated rings. The lowest BCUT2D eigenvalue weighted by molar-refractivity contribution is -0.0617. The van der Waals surface area contributed by atoms with Gasteiger partial charge in [-0.25, -0.2) is 4.79 Å². The summed E-state index contributed by atoms with van der Waals surface area (Å²) in [5.41, 5.74) is 2.42. The maximum atomic E-state index is 12.6. The third-order valence-corrected chi connectivity index (χ3v) is 14.4. The fourth-order valence-corrected chi connectivity index (χ4v) is 11.4. The van der Waals surface area contributed by atoms with Crippen LogP contribution < -0.4 is 0 Å². The summed E-state index contributed by atoms with van der Waals surface area (Å²) in [4.78, 5) is 12.6. The van der Waals surface area contributed by atoms with E-state index in [1.165, 1.54) is 128 Å². The molecule has 0 amide bonds. The van der Waals surface area contributed by atoms with Crippen LogP contribution in [-0.4, -0.2) is 18.9 Å². The number of hydrogen-bond donors (Lipinski definition) is 0. The molecule has 8 atom stereocenters. The number of hydrogen-bond acceptors (Lipinski definition) is 3. The predicted octanol–water partition coefficient (Wildman–Crippen LogP) is 14.6. The second-order valence-electron chi connectivity index (χ2n) is 18.3. The SMILES string of the molecule is CCCCCCCC/C=C/CCCCCCCCOC(=O)O[C@@H]1CC[C@]2(C)C(=CC[C@@H]3[C@H]2CC[C@@]2(C)C([C@H](C)CCCC(C)C)CC[C@@H]32)C1. The van der Waals surface area contributed by atoms with Crippen LogP contribution in [0.3, 0.4) is 0 Å². The summed E-state index contributed by atoms with van der Waals surface area (Å²) >= 11 is 0. The van der Waals surface area contributed by atoms with E-state index in [9.17, 15) is 4.79 Å². The molecule has 0 saturated heterocycles. The number of carbonyl (C=O) groups excluding carboxylic acids is 1. The van der Waals surface area contributed by atoms with Crippen molar-refractivity contribution in [1.82, 2.24) is 0 Å². The lowest BCUT2D eigenvalue weighted by Gasteiger charge is -2.58. The molecule has 3 heteroatoms. The van der Waals surface area contributed by atoms with E-state index < -0.39 is 6.16 Å². The minimum Gasteiger partial charge on any atom is -0.434 e. The van der Waals surface area contributed by atoms with Gasteiger partial charge in [0.25, 0.3) is 0 Å². The summed E-state index contributed by atoms with van der Waals surface area (Å²) in [6, 6.07) is 0. The highest BCUT2D eigenvalue weighted by Crippen LogP contribution is 2.67. The minimum atomic E-state index is -0.441. The number of rotatable bonds is 22. The Balaban J connectivity index is 1.08. The number of unbranched alkanes of at least 4 members (excludes halogenated alkanes) is 12. The van der Waals surface area contributed by atoms with E-state index in [0.717, 1.165) is 67.6 Å². The fourth-order valence-electron chi connectivity index (χ4n) is 11.4. The molecular weight excluding hydrogens is 601 g/mol. The fraction of sp³-hybridized carbons (Fsp3) is 0.891. The summed E-state index contributed by atoms with van der Waals surface area (Å²) in [6.07, 6.45) is 39.2. The van der Waals surface area contributed by atoms with E-state index in [4.69, 9.17) is 9.47 Å². The van der Waals surface area contributed by atoms with Crippen LogP contribution in [0.1, 0.15) is 202 Å². The molecule has 0 aliphatic heterocycles. The summed E-state index contributed by atoms with van der Waals surface area (Å²) in [7, 11) is 0. The van der Waals surface area contributed by atoms with Crippen molar-refractivity contribution in [3.8, 4) is 0 Å². The van der Waals surface area contributed by atoms with Crippen LogP contribution in [0.5, 0.6) is 0 Å². The van der Waals surface area contributed by atoms with Gasteiger partial charge in [-0.3, -0.25) is 0 Å². The normalized spacial score (nSPS) is 31.7. The van der Waals surface area contributed by atoms with Gasteiger partial charge >= 0.3 is 6.16 Å². The van der Waals surface area contributed by atoms with Gasteiger partial charge in [0.05, 0.1) is 6.61 Å². The molecule has 4 rings (SSSR count). The highest BCUT2D eigenvalue weighted by molar-refractivity contribution is 5.60. The number of fused-ring (bicyclic) bond motifs is 5. The Kier molecular flexibility index (Phi) is 17.1. The first-order valence-corrected chi connectivity index (χ1v) is 21.9. The predicted molar refractivity (Wildman–Crippen MR) is 209 cm³/mol. The second-order valence-corrected chi connectivity index (χ2v) is 18.3. The van der Waals surface area contributed by atoms with E-state index in [1.807, 2.05) is 0 Å². The van der Waals surface area contributed by atoms with Gasteiger partial charge in [-0.2, -0.15) is 0 Å². The maximum absolute atomic E-state index is 12.6. The molecule has 4 aliphatic carbocycles. The van der Waals surface area contributed by atoms with Crippen molar-refractivity contribution >= 4 is 6.16 Å². The first kappa shape index (κ1) is 40.5. The summed E-state index contributed by atoms with van der Waals surface area (Å²) in [5.74, 6) is 5.15. The van der Waals surface area contributed by atoms with Crippen LogP contribution in [0.2, 0.25) is 0 Å². The Labute approximate surface area is 304 Å². The minimum absolute atomic E-state index is 0.0142. The zero-order chi connectivity index (χ0) is 35.1. The Morgan fingerprint density at radius 1 is 0.796 bits per heavy atom. The molecule has 49 heavy (non-hydrogen) atoms. The molecule has 1 unspecified atom stereocenters. The quantitative estimate of drug-likeness (QED) is 0.0648. The van der Waals surface area contributed by atoms with Gasteiger partial charge < -0.3 is 9.47 Å². The van der Waals surface area contributed by atoms with Crippen molar-refractivity contribution < 1.29 is 14.3 Å². The lowest BCUT2D eigenvalue weighted by Crippen LogP contribution is -2.51. The Morgan fingerprint density at radius 2 is 1.47 bits per heavy atom. The van der Waals surface area contributed by atoms with Gasteiger partial charge in [-0.15, -0.1) is 0 Å². The molecule has 0 bridgehead atoms. The Bertz CT molecular complexity index is 1010. The van der Waals surface area contributed by atoms with Crippen molar-refractivity contribution in [1.29, 1.82) is 0 Å². The van der Waals surface area contributed by atoms with Gasteiger partial charge in [0, 0.05) is 6.42 Å². The van der Waals surface area contributed by atoms with Gasteiger partial charge in [0.1, 0.15) is 6.10 Å². The molecule has 0 aromatic heterocycles. The molecule has 0 heterocycles. The van der Waals surface area contributed by atoms with Crippen molar-refractivity contribution in [3.63, 3.8) is 0 Å². The van der Waals surface area contributed by atoms with Crippen molar-refractivity contribution in [2.75, 3.05) is 6.61 Å². The first-order valence-electron chi connectivity index (χ1n) is 21.9.